The number of hydrogen-bond acceptors (Lipinski definition) is 4. The SMILES string of the molecule is COCCNCCCS(=O)(=O)c1ccc(C)cc1. The minimum absolute atomic E-state index is 0.177. The molecule has 0 radical (unpaired) electrons. The molecule has 1 aromatic carbocycles. The molecule has 0 aliphatic heterocycles. The number of methoxy groups -OCH3 is 1. The standard InChI is InChI=1S/C13H21NO3S/c1-12-4-6-13(7-5-12)18(15,16)11-3-8-14-9-10-17-2/h4-7,14H,3,8-11H2,1-2H3. The molecule has 0 aliphatic rings. The van der Waals surface area contributed by atoms with Crippen LogP contribution in [0.2, 0.25) is 0 Å². The Hall–Kier alpha value is -0.910. The highest BCUT2D eigenvalue weighted by molar-refractivity contribution is 7.91. The minimum Gasteiger partial charge on any atom is -0.383 e. The molecular formula is C13H21NO3S. The molecule has 1 N–H and O–H groups in total. The van der Waals surface area contributed by atoms with Crippen molar-refractivity contribution in [1.29, 1.82) is 0 Å². The van der Waals surface area contributed by atoms with E-state index >= 15 is 0 Å². The average Bonchev–Trinajstić information content (AvgIpc) is 2.34. The van der Waals surface area contributed by atoms with E-state index in [1.807, 2.05) is 19.1 Å². The van der Waals surface area contributed by atoms with Crippen molar-refractivity contribution in [2.24, 2.45) is 0 Å². The van der Waals surface area contributed by atoms with Crippen LogP contribution in [-0.2, 0) is 14.6 Å². The van der Waals surface area contributed by atoms with E-state index in [4.69, 9.17) is 4.74 Å². The number of hydrogen-bond donors (Lipinski definition) is 1. The highest BCUT2D eigenvalue weighted by Crippen LogP contribution is 2.12. The van der Waals surface area contributed by atoms with Crippen LogP contribution in [0.5, 0.6) is 0 Å². The van der Waals surface area contributed by atoms with Gasteiger partial charge in [-0.05, 0) is 32.0 Å². The van der Waals surface area contributed by atoms with E-state index in [-0.39, 0.29) is 5.75 Å². The first-order valence-corrected chi connectivity index (χ1v) is 7.70. The van der Waals surface area contributed by atoms with Crippen molar-refractivity contribution in [2.45, 2.75) is 18.2 Å². The minimum atomic E-state index is -3.14. The summed E-state index contributed by atoms with van der Waals surface area (Å²) >= 11 is 0. The summed E-state index contributed by atoms with van der Waals surface area (Å²) in [6.45, 7) is 4.02. The third-order valence-electron chi connectivity index (χ3n) is 2.63. The monoisotopic (exact) mass is 271 g/mol. The van der Waals surface area contributed by atoms with Gasteiger partial charge >= 0.3 is 0 Å². The molecule has 0 fully saturated rings. The molecule has 5 heteroatoms. The smallest absolute Gasteiger partial charge is 0.178 e. The second kappa shape index (κ2) is 7.51. The van der Waals surface area contributed by atoms with Gasteiger partial charge in [0.25, 0.3) is 0 Å². The van der Waals surface area contributed by atoms with Crippen LogP contribution in [0.4, 0.5) is 0 Å². The molecule has 0 saturated carbocycles. The lowest BCUT2D eigenvalue weighted by molar-refractivity contribution is 0.199. The van der Waals surface area contributed by atoms with Gasteiger partial charge in [0.15, 0.2) is 9.84 Å². The van der Waals surface area contributed by atoms with Crippen LogP contribution in [0.3, 0.4) is 0 Å². The summed E-state index contributed by atoms with van der Waals surface area (Å²) in [5, 5.41) is 3.13. The quantitative estimate of drug-likeness (QED) is 0.726. The zero-order valence-electron chi connectivity index (χ0n) is 11.0. The highest BCUT2D eigenvalue weighted by atomic mass is 32.2. The Morgan fingerprint density at radius 2 is 1.83 bits per heavy atom. The van der Waals surface area contributed by atoms with E-state index < -0.39 is 9.84 Å². The van der Waals surface area contributed by atoms with Gasteiger partial charge in [-0.25, -0.2) is 8.42 Å². The van der Waals surface area contributed by atoms with E-state index in [1.165, 1.54) is 0 Å². The maximum absolute atomic E-state index is 12.0. The number of aryl methyl sites for hydroxylation is 1. The fourth-order valence-corrected chi connectivity index (χ4v) is 2.86. The molecular weight excluding hydrogens is 250 g/mol. The van der Waals surface area contributed by atoms with Gasteiger partial charge < -0.3 is 10.1 Å². The number of benzene rings is 1. The highest BCUT2D eigenvalue weighted by Gasteiger charge is 2.13. The maximum atomic E-state index is 12.0. The van der Waals surface area contributed by atoms with Crippen LogP contribution in [-0.4, -0.2) is 41.0 Å². The van der Waals surface area contributed by atoms with Crippen molar-refractivity contribution >= 4 is 9.84 Å². The topological polar surface area (TPSA) is 55.4 Å². The zero-order chi connectivity index (χ0) is 13.4. The van der Waals surface area contributed by atoms with E-state index in [2.05, 4.69) is 5.32 Å². The van der Waals surface area contributed by atoms with Crippen molar-refractivity contribution in [1.82, 2.24) is 5.32 Å². The molecule has 1 aromatic rings. The Morgan fingerprint density at radius 3 is 2.44 bits per heavy atom. The fraction of sp³-hybridized carbons (Fsp3) is 0.538. The normalized spacial score (nSPS) is 11.7. The van der Waals surface area contributed by atoms with Crippen LogP contribution in [0, 0.1) is 6.92 Å². The Labute approximate surface area is 109 Å². The third-order valence-corrected chi connectivity index (χ3v) is 4.45. The summed E-state index contributed by atoms with van der Waals surface area (Å²) in [7, 11) is -1.50. The summed E-state index contributed by atoms with van der Waals surface area (Å²) in [5.41, 5.74) is 1.06. The Kier molecular flexibility index (Phi) is 6.32. The van der Waals surface area contributed by atoms with Crippen LogP contribution in [0.25, 0.3) is 0 Å². The van der Waals surface area contributed by atoms with Gasteiger partial charge in [-0.2, -0.15) is 0 Å². The van der Waals surface area contributed by atoms with Gasteiger partial charge in [0.2, 0.25) is 0 Å². The number of nitrogens with one attached hydrogen (secondary N) is 1. The Balaban J connectivity index is 2.38. The molecule has 0 aromatic heterocycles. The largest absolute Gasteiger partial charge is 0.383 e. The van der Waals surface area contributed by atoms with E-state index in [0.29, 0.717) is 24.5 Å². The van der Waals surface area contributed by atoms with Crippen molar-refractivity contribution in [3.8, 4) is 0 Å². The van der Waals surface area contributed by atoms with Gasteiger partial charge in [0.05, 0.1) is 17.3 Å². The summed E-state index contributed by atoms with van der Waals surface area (Å²) < 4.78 is 28.8. The predicted octanol–water partition coefficient (Wildman–Crippen LogP) is 1.39. The predicted molar refractivity (Wildman–Crippen MR) is 72.6 cm³/mol. The molecule has 0 heterocycles. The van der Waals surface area contributed by atoms with Gasteiger partial charge in [-0.3, -0.25) is 0 Å². The number of ether oxygens (including phenoxy) is 1. The molecule has 0 unspecified atom stereocenters. The number of rotatable bonds is 8. The molecule has 102 valence electrons. The first-order chi connectivity index (χ1) is 8.56. The Bertz CT molecular complexity index is 440. The van der Waals surface area contributed by atoms with E-state index in [1.54, 1.807) is 19.2 Å². The lowest BCUT2D eigenvalue weighted by Crippen LogP contribution is -2.22. The van der Waals surface area contributed by atoms with E-state index in [0.717, 1.165) is 12.1 Å². The molecule has 1 rings (SSSR count). The first kappa shape index (κ1) is 15.1. The maximum Gasteiger partial charge on any atom is 0.178 e. The van der Waals surface area contributed by atoms with Crippen molar-refractivity contribution in [2.75, 3.05) is 32.6 Å². The van der Waals surface area contributed by atoms with Gasteiger partial charge in [-0.1, -0.05) is 17.7 Å². The lowest BCUT2D eigenvalue weighted by Gasteiger charge is -2.06. The average molecular weight is 271 g/mol. The van der Waals surface area contributed by atoms with E-state index in [9.17, 15) is 8.42 Å². The summed E-state index contributed by atoms with van der Waals surface area (Å²) in [6, 6.07) is 6.99. The lowest BCUT2D eigenvalue weighted by atomic mass is 10.2. The van der Waals surface area contributed by atoms with Gasteiger partial charge in [-0.15, -0.1) is 0 Å². The zero-order valence-corrected chi connectivity index (χ0v) is 11.8. The van der Waals surface area contributed by atoms with Gasteiger partial charge in [0.1, 0.15) is 0 Å². The molecule has 18 heavy (non-hydrogen) atoms. The fourth-order valence-electron chi connectivity index (χ4n) is 1.55. The third kappa shape index (κ3) is 5.16. The summed E-state index contributed by atoms with van der Waals surface area (Å²) in [6.07, 6.45) is 0.611. The molecule has 0 saturated heterocycles. The van der Waals surface area contributed by atoms with Crippen molar-refractivity contribution < 1.29 is 13.2 Å². The first-order valence-electron chi connectivity index (χ1n) is 6.05. The molecule has 0 bridgehead atoms. The van der Waals surface area contributed by atoms with Crippen molar-refractivity contribution in [3.63, 3.8) is 0 Å². The summed E-state index contributed by atoms with van der Waals surface area (Å²) in [4.78, 5) is 0.407. The summed E-state index contributed by atoms with van der Waals surface area (Å²) in [5.74, 6) is 0.177. The molecule has 0 aliphatic carbocycles. The molecule has 0 amide bonds. The van der Waals surface area contributed by atoms with Crippen LogP contribution >= 0.6 is 0 Å². The second-order valence-electron chi connectivity index (χ2n) is 4.23. The number of sulfone groups is 1. The van der Waals surface area contributed by atoms with Crippen LogP contribution in [0.15, 0.2) is 29.2 Å². The molecule has 0 atom stereocenters. The van der Waals surface area contributed by atoms with Crippen LogP contribution in [0.1, 0.15) is 12.0 Å². The van der Waals surface area contributed by atoms with Gasteiger partial charge in [0, 0.05) is 13.7 Å². The van der Waals surface area contributed by atoms with Crippen molar-refractivity contribution in [3.05, 3.63) is 29.8 Å². The Morgan fingerprint density at radius 1 is 1.17 bits per heavy atom. The molecule has 0 spiro atoms. The van der Waals surface area contributed by atoms with Crippen LogP contribution < -0.4 is 5.32 Å². The second-order valence-corrected chi connectivity index (χ2v) is 6.34. The molecule has 4 nitrogen and oxygen atoms in total.